The Morgan fingerprint density at radius 3 is 2.46 bits per heavy atom. The summed E-state index contributed by atoms with van der Waals surface area (Å²) in [6.45, 7) is 12.8. The highest BCUT2D eigenvalue weighted by Crippen LogP contribution is 2.18. The van der Waals surface area contributed by atoms with E-state index in [1.807, 2.05) is 13.8 Å². The van der Waals surface area contributed by atoms with Crippen LogP contribution in [0.2, 0.25) is 0 Å². The van der Waals surface area contributed by atoms with Gasteiger partial charge in [-0.25, -0.2) is 0 Å². The molecule has 2 aliphatic rings. The molecule has 24 heavy (non-hydrogen) atoms. The number of hydrogen-bond donors (Lipinski definition) is 2. The quantitative estimate of drug-likeness (QED) is 0.739. The van der Waals surface area contributed by atoms with Gasteiger partial charge in [0.05, 0.1) is 6.10 Å². The van der Waals surface area contributed by atoms with Crippen molar-refractivity contribution >= 4 is 5.91 Å². The summed E-state index contributed by atoms with van der Waals surface area (Å²) in [5, 5.41) is 13.5. The van der Waals surface area contributed by atoms with Crippen LogP contribution in [0.3, 0.4) is 0 Å². The molecular formula is C19H37N3O2. The summed E-state index contributed by atoms with van der Waals surface area (Å²) in [5.74, 6) is 1.55. The fraction of sp³-hybridized carbons (Fsp3) is 0.947. The van der Waals surface area contributed by atoms with Crippen molar-refractivity contribution < 1.29 is 9.90 Å². The molecule has 5 nitrogen and oxygen atoms in total. The largest absolute Gasteiger partial charge is 0.390 e. The number of aliphatic hydroxyl groups is 1. The highest BCUT2D eigenvalue weighted by Gasteiger charge is 2.24. The summed E-state index contributed by atoms with van der Waals surface area (Å²) in [6, 6.07) is 0. The van der Waals surface area contributed by atoms with Gasteiger partial charge in [0.15, 0.2) is 0 Å². The molecule has 2 rings (SSSR count). The normalized spacial score (nSPS) is 25.8. The lowest BCUT2D eigenvalue weighted by Crippen LogP contribution is -2.47. The van der Waals surface area contributed by atoms with Crippen molar-refractivity contribution in [2.45, 2.75) is 52.6 Å². The maximum Gasteiger partial charge on any atom is 0.222 e. The predicted molar refractivity (Wildman–Crippen MR) is 97.9 cm³/mol. The third-order valence-electron chi connectivity index (χ3n) is 5.51. The van der Waals surface area contributed by atoms with Crippen molar-refractivity contribution in [3.8, 4) is 0 Å². The lowest BCUT2D eigenvalue weighted by atomic mass is 9.97. The molecule has 2 unspecified atom stereocenters. The van der Waals surface area contributed by atoms with Gasteiger partial charge in [-0.2, -0.15) is 0 Å². The molecule has 2 aliphatic heterocycles. The molecule has 0 aliphatic carbocycles. The first-order valence-corrected chi connectivity index (χ1v) is 9.84. The number of β-amino-alcohol motifs (C(OH)–C–C–N with tert-alkyl or cyclic N) is 1. The third-order valence-corrected chi connectivity index (χ3v) is 5.51. The molecule has 2 fully saturated rings. The molecule has 0 saturated carbocycles. The molecule has 0 aromatic carbocycles. The van der Waals surface area contributed by atoms with Crippen LogP contribution in [0.15, 0.2) is 0 Å². The molecule has 0 aromatic heterocycles. The number of carbonyl (C=O) groups is 1. The molecule has 0 bridgehead atoms. The molecule has 0 aromatic rings. The summed E-state index contributed by atoms with van der Waals surface area (Å²) in [4.78, 5) is 16.5. The number of likely N-dealkylation sites (tertiary alicyclic amines) is 2. The van der Waals surface area contributed by atoms with Crippen molar-refractivity contribution in [1.29, 1.82) is 0 Å². The molecule has 2 atom stereocenters. The van der Waals surface area contributed by atoms with Gasteiger partial charge in [-0.15, -0.1) is 0 Å². The Bertz CT molecular complexity index is 381. The van der Waals surface area contributed by atoms with Gasteiger partial charge < -0.3 is 20.2 Å². The van der Waals surface area contributed by atoms with E-state index in [2.05, 4.69) is 22.0 Å². The SMILES string of the molecule is CC1CCN(CC(O)CN2CCCC(CNC(=O)C(C)C)C2)CC1. The molecule has 140 valence electrons. The molecule has 2 N–H and O–H groups in total. The fourth-order valence-corrected chi connectivity index (χ4v) is 3.83. The average Bonchev–Trinajstić information content (AvgIpc) is 2.55. The lowest BCUT2D eigenvalue weighted by Gasteiger charge is -2.36. The van der Waals surface area contributed by atoms with E-state index in [9.17, 15) is 9.90 Å². The first kappa shape index (κ1) is 19.7. The van der Waals surface area contributed by atoms with Gasteiger partial charge in [-0.1, -0.05) is 20.8 Å². The van der Waals surface area contributed by atoms with E-state index in [-0.39, 0.29) is 17.9 Å². The first-order chi connectivity index (χ1) is 11.4. The van der Waals surface area contributed by atoms with Gasteiger partial charge in [0.25, 0.3) is 0 Å². The number of nitrogens with zero attached hydrogens (tertiary/aromatic N) is 2. The molecular weight excluding hydrogens is 302 g/mol. The van der Waals surface area contributed by atoms with Crippen LogP contribution in [0, 0.1) is 17.8 Å². The molecule has 1 amide bonds. The minimum absolute atomic E-state index is 0.0544. The van der Waals surface area contributed by atoms with Crippen molar-refractivity contribution in [2.24, 2.45) is 17.8 Å². The van der Waals surface area contributed by atoms with E-state index in [1.165, 1.54) is 19.3 Å². The van der Waals surface area contributed by atoms with E-state index < -0.39 is 0 Å². The number of piperidine rings is 2. The monoisotopic (exact) mass is 339 g/mol. The first-order valence-electron chi connectivity index (χ1n) is 9.84. The van der Waals surface area contributed by atoms with Crippen molar-refractivity contribution in [3.63, 3.8) is 0 Å². The van der Waals surface area contributed by atoms with Gasteiger partial charge in [0.1, 0.15) is 0 Å². The topological polar surface area (TPSA) is 55.8 Å². The third kappa shape index (κ3) is 6.69. The second-order valence-corrected chi connectivity index (χ2v) is 8.30. The Morgan fingerprint density at radius 1 is 1.12 bits per heavy atom. The van der Waals surface area contributed by atoms with Gasteiger partial charge in [-0.05, 0) is 57.2 Å². The Kier molecular flexibility index (Phi) is 7.98. The Labute approximate surface area is 147 Å². The van der Waals surface area contributed by atoms with Crippen molar-refractivity contribution in [3.05, 3.63) is 0 Å². The summed E-state index contributed by atoms with van der Waals surface area (Å²) in [7, 11) is 0. The van der Waals surface area contributed by atoms with Crippen LogP contribution in [0.1, 0.15) is 46.5 Å². The molecule has 5 heteroatoms. The fourth-order valence-electron chi connectivity index (χ4n) is 3.83. The van der Waals surface area contributed by atoms with E-state index >= 15 is 0 Å². The zero-order chi connectivity index (χ0) is 17.5. The number of carbonyl (C=O) groups excluding carboxylic acids is 1. The highest BCUT2D eigenvalue weighted by molar-refractivity contribution is 5.77. The van der Waals surface area contributed by atoms with Crippen LogP contribution >= 0.6 is 0 Å². The van der Waals surface area contributed by atoms with E-state index in [1.54, 1.807) is 0 Å². The second kappa shape index (κ2) is 9.73. The zero-order valence-corrected chi connectivity index (χ0v) is 15.8. The van der Waals surface area contributed by atoms with Crippen LogP contribution in [-0.4, -0.2) is 72.7 Å². The predicted octanol–water partition coefficient (Wildman–Crippen LogP) is 1.56. The van der Waals surface area contributed by atoms with Gasteiger partial charge >= 0.3 is 0 Å². The van der Waals surface area contributed by atoms with Gasteiger partial charge in [0.2, 0.25) is 5.91 Å². The Hall–Kier alpha value is -0.650. The van der Waals surface area contributed by atoms with Crippen LogP contribution in [-0.2, 0) is 4.79 Å². The summed E-state index contributed by atoms with van der Waals surface area (Å²) < 4.78 is 0. The molecule has 0 spiro atoms. The minimum atomic E-state index is -0.262. The molecule has 2 heterocycles. The molecule has 2 saturated heterocycles. The van der Waals surface area contributed by atoms with Gasteiger partial charge in [0, 0.05) is 32.1 Å². The number of nitrogens with one attached hydrogen (secondary N) is 1. The lowest BCUT2D eigenvalue weighted by molar-refractivity contribution is -0.124. The second-order valence-electron chi connectivity index (χ2n) is 8.30. The van der Waals surface area contributed by atoms with Crippen LogP contribution in [0.5, 0.6) is 0 Å². The van der Waals surface area contributed by atoms with Gasteiger partial charge in [-0.3, -0.25) is 4.79 Å². The van der Waals surface area contributed by atoms with Crippen LogP contribution in [0.25, 0.3) is 0 Å². The number of amides is 1. The van der Waals surface area contributed by atoms with E-state index in [0.29, 0.717) is 5.92 Å². The maximum absolute atomic E-state index is 11.7. The summed E-state index contributed by atoms with van der Waals surface area (Å²) >= 11 is 0. The van der Waals surface area contributed by atoms with E-state index in [4.69, 9.17) is 0 Å². The zero-order valence-electron chi connectivity index (χ0n) is 15.8. The van der Waals surface area contributed by atoms with Crippen LogP contribution < -0.4 is 5.32 Å². The Balaban J connectivity index is 1.67. The van der Waals surface area contributed by atoms with E-state index in [0.717, 1.165) is 58.2 Å². The number of aliphatic hydroxyl groups excluding tert-OH is 1. The summed E-state index contributed by atoms with van der Waals surface area (Å²) in [6.07, 6.45) is 4.59. The standard InChI is InChI=1S/C19H37N3O2/c1-15(2)19(24)20-11-17-5-4-8-22(12-17)14-18(23)13-21-9-6-16(3)7-10-21/h15-18,23H,4-14H2,1-3H3,(H,20,24). The van der Waals surface area contributed by atoms with Crippen molar-refractivity contribution in [1.82, 2.24) is 15.1 Å². The average molecular weight is 340 g/mol. The summed E-state index contributed by atoms with van der Waals surface area (Å²) in [5.41, 5.74) is 0. The smallest absolute Gasteiger partial charge is 0.222 e. The van der Waals surface area contributed by atoms with Crippen LogP contribution in [0.4, 0.5) is 0 Å². The Morgan fingerprint density at radius 2 is 1.79 bits per heavy atom. The number of rotatable bonds is 7. The number of hydrogen-bond acceptors (Lipinski definition) is 4. The highest BCUT2D eigenvalue weighted by atomic mass is 16.3. The molecule has 0 radical (unpaired) electrons. The minimum Gasteiger partial charge on any atom is -0.390 e. The van der Waals surface area contributed by atoms with Crippen molar-refractivity contribution in [2.75, 3.05) is 45.8 Å². The maximum atomic E-state index is 11.7.